The third-order valence-electron chi connectivity index (χ3n) is 9.33. The first-order chi connectivity index (χ1) is 19.7. The van der Waals surface area contributed by atoms with Gasteiger partial charge in [-0.15, -0.1) is 0 Å². The van der Waals surface area contributed by atoms with Crippen molar-refractivity contribution < 1.29 is 29.0 Å². The van der Waals surface area contributed by atoms with Gasteiger partial charge in [0, 0.05) is 12.2 Å². The Bertz CT molecular complexity index is 1270. The van der Waals surface area contributed by atoms with E-state index >= 15 is 0 Å². The number of nitrogens with one attached hydrogen (secondary N) is 2. The van der Waals surface area contributed by atoms with Crippen LogP contribution < -0.4 is 15.4 Å². The highest BCUT2D eigenvalue weighted by atomic mass is 16.5. The van der Waals surface area contributed by atoms with Crippen LogP contribution in [0.3, 0.4) is 0 Å². The normalized spacial score (nSPS) is 29.6. The molecule has 5 rings (SSSR count). The molecule has 3 amide bonds. The van der Waals surface area contributed by atoms with E-state index in [2.05, 4.69) is 10.6 Å². The summed E-state index contributed by atoms with van der Waals surface area (Å²) in [5.74, 6) is -1.94. The molecule has 2 unspecified atom stereocenters. The fraction of sp³-hybridized carbons (Fsp3) is 0.531. The Morgan fingerprint density at radius 2 is 1.80 bits per heavy atom. The number of amides is 3. The molecule has 9 heteroatoms. The van der Waals surface area contributed by atoms with Crippen LogP contribution in [0.5, 0.6) is 5.75 Å². The molecular formula is C32H41N3O6. The van der Waals surface area contributed by atoms with Crippen molar-refractivity contribution >= 4 is 23.4 Å². The van der Waals surface area contributed by atoms with Crippen molar-refractivity contribution in [1.29, 1.82) is 0 Å². The maximum atomic E-state index is 14.4. The van der Waals surface area contributed by atoms with E-state index in [-0.39, 0.29) is 30.2 Å². The Hall–Kier alpha value is -3.43. The zero-order chi connectivity index (χ0) is 29.4. The summed E-state index contributed by atoms with van der Waals surface area (Å²) >= 11 is 0. The largest absolute Gasteiger partial charge is 0.494 e. The van der Waals surface area contributed by atoms with Gasteiger partial charge in [-0.3, -0.25) is 14.4 Å². The minimum Gasteiger partial charge on any atom is -0.494 e. The van der Waals surface area contributed by atoms with Gasteiger partial charge in [-0.25, -0.2) is 0 Å². The highest BCUT2D eigenvalue weighted by Gasteiger charge is 2.78. The van der Waals surface area contributed by atoms with Crippen molar-refractivity contribution in [2.24, 2.45) is 17.8 Å². The molecule has 3 aliphatic rings. The molecule has 220 valence electrons. The number of benzene rings is 2. The van der Waals surface area contributed by atoms with E-state index in [4.69, 9.17) is 9.47 Å². The second kappa shape index (κ2) is 11.4. The maximum Gasteiger partial charge on any atom is 0.246 e. The van der Waals surface area contributed by atoms with Gasteiger partial charge in [-0.1, -0.05) is 50.6 Å². The molecule has 41 heavy (non-hydrogen) atoms. The van der Waals surface area contributed by atoms with E-state index in [1.807, 2.05) is 58.0 Å². The molecule has 3 aliphatic heterocycles. The average molecular weight is 564 g/mol. The SMILES string of the molecule is CCOc1ccc(NC(=O)[C@@H]2[C@H]3C(=O)N([C@@H](CO)[C@@H](C)CC)C(C(=O)NCc4ccccc4)C34CC[C@@]2(C)O4)cc1. The topological polar surface area (TPSA) is 117 Å². The van der Waals surface area contributed by atoms with Gasteiger partial charge in [-0.2, -0.15) is 0 Å². The Kier molecular flexibility index (Phi) is 8.12. The second-order valence-corrected chi connectivity index (χ2v) is 11.8. The number of aliphatic hydroxyl groups is 1. The lowest BCUT2D eigenvalue weighted by atomic mass is 9.66. The summed E-state index contributed by atoms with van der Waals surface area (Å²) < 4.78 is 12.2. The zero-order valence-electron chi connectivity index (χ0n) is 24.3. The van der Waals surface area contributed by atoms with E-state index in [0.29, 0.717) is 43.9 Å². The standard InChI is InChI=1S/C32H41N3O6/c1-5-20(3)24(19-36)35-27(29(38)33-18-21-10-8-7-9-11-21)32-17-16-31(4,41-32)25(26(32)30(35)39)28(37)34-22-12-14-23(15-13-22)40-6-2/h7-15,20,24-27,36H,5-6,16-19H2,1-4H3,(H,33,38)(H,34,37)/t20-,24-,25-,26-,27?,31+,32?/m0/s1. The molecule has 1 spiro atoms. The van der Waals surface area contributed by atoms with E-state index in [1.54, 1.807) is 29.2 Å². The van der Waals surface area contributed by atoms with E-state index in [0.717, 1.165) is 5.56 Å². The van der Waals surface area contributed by atoms with Crippen LogP contribution in [0.25, 0.3) is 0 Å². The van der Waals surface area contributed by atoms with Gasteiger partial charge in [0.25, 0.3) is 0 Å². The van der Waals surface area contributed by atoms with Crippen LogP contribution in [0, 0.1) is 17.8 Å². The maximum absolute atomic E-state index is 14.4. The van der Waals surface area contributed by atoms with Crippen molar-refractivity contribution in [3.05, 3.63) is 60.2 Å². The number of aliphatic hydroxyl groups excluding tert-OH is 1. The van der Waals surface area contributed by atoms with Gasteiger partial charge in [0.2, 0.25) is 17.7 Å². The number of hydrogen-bond donors (Lipinski definition) is 3. The second-order valence-electron chi connectivity index (χ2n) is 11.8. The van der Waals surface area contributed by atoms with Crippen LogP contribution in [0.1, 0.15) is 52.5 Å². The summed E-state index contributed by atoms with van der Waals surface area (Å²) in [4.78, 5) is 43.8. The lowest BCUT2D eigenvalue weighted by Gasteiger charge is -2.39. The molecule has 2 aromatic carbocycles. The van der Waals surface area contributed by atoms with Crippen LogP contribution >= 0.6 is 0 Å². The van der Waals surface area contributed by atoms with Gasteiger partial charge >= 0.3 is 0 Å². The minimum absolute atomic E-state index is 0.0625. The Morgan fingerprint density at radius 1 is 1.10 bits per heavy atom. The molecule has 3 heterocycles. The summed E-state index contributed by atoms with van der Waals surface area (Å²) in [5.41, 5.74) is -0.534. The van der Waals surface area contributed by atoms with E-state index in [9.17, 15) is 19.5 Å². The molecule has 0 aliphatic carbocycles. The Labute approximate surface area is 241 Å². The fourth-order valence-electron chi connectivity index (χ4n) is 7.14. The molecule has 9 nitrogen and oxygen atoms in total. The third-order valence-corrected chi connectivity index (χ3v) is 9.33. The number of nitrogens with zero attached hydrogens (tertiary/aromatic N) is 1. The summed E-state index contributed by atoms with van der Waals surface area (Å²) in [6.07, 6.45) is 1.73. The average Bonchev–Trinajstić information content (AvgIpc) is 3.54. The summed E-state index contributed by atoms with van der Waals surface area (Å²) in [6, 6.07) is 15.1. The first-order valence-corrected chi connectivity index (χ1v) is 14.7. The van der Waals surface area contributed by atoms with Crippen molar-refractivity contribution in [1.82, 2.24) is 10.2 Å². The number of anilines is 1. The zero-order valence-corrected chi connectivity index (χ0v) is 24.3. The predicted molar refractivity (Wildman–Crippen MR) is 154 cm³/mol. The summed E-state index contributed by atoms with van der Waals surface area (Å²) in [6.45, 7) is 8.29. The minimum atomic E-state index is -1.16. The van der Waals surface area contributed by atoms with Crippen LogP contribution in [-0.2, 0) is 25.7 Å². The lowest BCUT2D eigenvalue weighted by molar-refractivity contribution is -0.150. The quantitative estimate of drug-likeness (QED) is 0.385. The van der Waals surface area contributed by atoms with Crippen LogP contribution in [-0.4, -0.2) is 64.2 Å². The molecule has 0 aromatic heterocycles. The molecule has 3 saturated heterocycles. The Balaban J connectivity index is 1.48. The van der Waals surface area contributed by atoms with Crippen molar-refractivity contribution in [3.63, 3.8) is 0 Å². The fourth-order valence-corrected chi connectivity index (χ4v) is 7.14. The Morgan fingerprint density at radius 3 is 2.44 bits per heavy atom. The van der Waals surface area contributed by atoms with Gasteiger partial charge in [-0.05, 0) is 62.4 Å². The number of hydrogen-bond acceptors (Lipinski definition) is 6. The highest BCUT2D eigenvalue weighted by molar-refractivity contribution is 6.02. The van der Waals surface area contributed by atoms with Crippen molar-refractivity contribution in [2.45, 2.75) is 76.8 Å². The number of likely N-dealkylation sites (tertiary alicyclic amines) is 1. The summed E-state index contributed by atoms with van der Waals surface area (Å²) in [7, 11) is 0. The van der Waals surface area contributed by atoms with E-state index in [1.165, 1.54) is 0 Å². The number of carbonyl (C=O) groups is 3. The summed E-state index contributed by atoms with van der Waals surface area (Å²) in [5, 5.41) is 16.5. The van der Waals surface area contributed by atoms with Crippen molar-refractivity contribution in [3.8, 4) is 5.75 Å². The highest BCUT2D eigenvalue weighted by Crippen LogP contribution is 2.63. The first-order valence-electron chi connectivity index (χ1n) is 14.7. The monoisotopic (exact) mass is 563 g/mol. The van der Waals surface area contributed by atoms with Crippen LogP contribution in [0.15, 0.2) is 54.6 Å². The number of carbonyl (C=O) groups excluding carboxylic acids is 3. The molecule has 2 bridgehead atoms. The number of rotatable bonds is 11. The molecule has 2 aromatic rings. The van der Waals surface area contributed by atoms with Gasteiger partial charge in [0.15, 0.2) is 0 Å². The lowest BCUT2D eigenvalue weighted by Crippen LogP contribution is -2.59. The first kappa shape index (κ1) is 29.1. The molecule has 0 saturated carbocycles. The van der Waals surface area contributed by atoms with Gasteiger partial charge < -0.3 is 30.1 Å². The molecule has 7 atom stereocenters. The third kappa shape index (κ3) is 4.99. The smallest absolute Gasteiger partial charge is 0.246 e. The van der Waals surface area contributed by atoms with Crippen LogP contribution in [0.2, 0.25) is 0 Å². The number of ether oxygens (including phenoxy) is 2. The van der Waals surface area contributed by atoms with Crippen molar-refractivity contribution in [2.75, 3.05) is 18.5 Å². The molecule has 3 fully saturated rings. The van der Waals surface area contributed by atoms with Gasteiger partial charge in [0.05, 0.1) is 36.7 Å². The predicted octanol–water partition coefficient (Wildman–Crippen LogP) is 3.51. The molecule has 3 N–H and O–H groups in total. The van der Waals surface area contributed by atoms with Gasteiger partial charge in [0.1, 0.15) is 17.4 Å². The van der Waals surface area contributed by atoms with E-state index < -0.39 is 35.1 Å². The molecular weight excluding hydrogens is 522 g/mol. The van der Waals surface area contributed by atoms with Crippen LogP contribution in [0.4, 0.5) is 5.69 Å². The number of fused-ring (bicyclic) bond motifs is 1. The molecule has 0 radical (unpaired) electrons.